The van der Waals surface area contributed by atoms with E-state index in [1.807, 2.05) is 6.26 Å². The molecule has 200 valence electrons. The van der Waals surface area contributed by atoms with E-state index in [1.54, 1.807) is 13.8 Å². The highest BCUT2D eigenvalue weighted by Gasteiger charge is 2.32. The minimum Gasteiger partial charge on any atom is -0.480 e. The molecule has 0 spiro atoms. The number of aliphatic carboxylic acids is 1. The Hall–Kier alpha value is -3.07. The fourth-order valence-corrected chi connectivity index (χ4v) is 3.37. The molecule has 14 nitrogen and oxygen atoms in total. The second kappa shape index (κ2) is 16.5. The lowest BCUT2D eigenvalue weighted by molar-refractivity contribution is -0.143. The average molecular weight is 519 g/mol. The summed E-state index contributed by atoms with van der Waals surface area (Å²) in [6.45, 7) is 3.46. The number of nitrogens with two attached hydrogens (primary N) is 4. The molecule has 0 aliphatic heterocycles. The molecule has 0 fully saturated rings. The number of carboxylic acids is 1. The number of primary amides is 1. The number of amides is 4. The predicted octanol–water partition coefficient (Wildman–Crippen LogP) is -2.81. The van der Waals surface area contributed by atoms with Gasteiger partial charge in [0.05, 0.1) is 12.5 Å². The first-order valence-electron chi connectivity index (χ1n) is 11.0. The van der Waals surface area contributed by atoms with Gasteiger partial charge >= 0.3 is 5.97 Å². The maximum absolute atomic E-state index is 12.9. The normalized spacial score (nSPS) is 14.2. The summed E-state index contributed by atoms with van der Waals surface area (Å²) in [5, 5.41) is 16.7. The van der Waals surface area contributed by atoms with Gasteiger partial charge in [-0.2, -0.15) is 11.8 Å². The van der Waals surface area contributed by atoms with Crippen molar-refractivity contribution < 1.29 is 29.1 Å². The molecule has 0 heterocycles. The Balaban J connectivity index is 5.35. The number of guanidine groups is 1. The van der Waals surface area contributed by atoms with E-state index in [4.69, 9.17) is 22.9 Å². The molecule has 0 aliphatic rings. The van der Waals surface area contributed by atoms with Gasteiger partial charge in [-0.05, 0) is 37.2 Å². The largest absolute Gasteiger partial charge is 0.480 e. The minimum absolute atomic E-state index is 0.0465. The molecule has 0 radical (unpaired) electrons. The van der Waals surface area contributed by atoms with E-state index in [9.17, 15) is 29.1 Å². The number of thioether (sulfide) groups is 1. The van der Waals surface area contributed by atoms with E-state index in [1.165, 1.54) is 11.8 Å². The Morgan fingerprint density at radius 2 is 1.51 bits per heavy atom. The van der Waals surface area contributed by atoms with Gasteiger partial charge in [0, 0.05) is 6.54 Å². The van der Waals surface area contributed by atoms with Crippen LogP contribution in [0.1, 0.15) is 39.5 Å². The zero-order valence-corrected chi connectivity index (χ0v) is 21.1. The number of rotatable bonds is 17. The number of carbonyl (C=O) groups is 5. The molecule has 0 saturated carbocycles. The van der Waals surface area contributed by atoms with E-state index in [0.29, 0.717) is 12.2 Å². The maximum Gasteiger partial charge on any atom is 0.326 e. The summed E-state index contributed by atoms with van der Waals surface area (Å²) in [7, 11) is 0. The molecule has 4 atom stereocenters. The highest BCUT2D eigenvalue weighted by atomic mass is 32.2. The molecule has 15 heteroatoms. The van der Waals surface area contributed by atoms with Crippen LogP contribution < -0.4 is 38.9 Å². The zero-order chi connectivity index (χ0) is 27.1. The molecular formula is C20H38N8O6S. The van der Waals surface area contributed by atoms with Crippen molar-refractivity contribution in [2.24, 2.45) is 33.8 Å². The number of nitrogens with one attached hydrogen (secondary N) is 3. The van der Waals surface area contributed by atoms with Crippen molar-refractivity contribution in [3.63, 3.8) is 0 Å². The Kier molecular flexibility index (Phi) is 15.1. The van der Waals surface area contributed by atoms with Crippen molar-refractivity contribution in [1.29, 1.82) is 0 Å². The minimum atomic E-state index is -1.36. The lowest BCUT2D eigenvalue weighted by Gasteiger charge is -2.26. The van der Waals surface area contributed by atoms with Crippen molar-refractivity contribution in [2.75, 3.05) is 18.6 Å². The van der Waals surface area contributed by atoms with Crippen LogP contribution in [-0.4, -0.2) is 83.4 Å². The number of hydrogen-bond donors (Lipinski definition) is 8. The van der Waals surface area contributed by atoms with E-state index >= 15 is 0 Å². The number of carboxylic acid groups (broad SMARTS) is 1. The molecule has 0 rings (SSSR count). The molecule has 0 saturated heterocycles. The molecule has 12 N–H and O–H groups in total. The monoisotopic (exact) mass is 518 g/mol. The van der Waals surface area contributed by atoms with Crippen LogP contribution in [-0.2, 0) is 24.0 Å². The third-order valence-electron chi connectivity index (χ3n) is 4.81. The first-order valence-corrected chi connectivity index (χ1v) is 12.4. The Bertz CT molecular complexity index is 775. The van der Waals surface area contributed by atoms with Crippen LogP contribution in [0.5, 0.6) is 0 Å². The number of nitrogens with zero attached hydrogens (tertiary/aromatic N) is 1. The second-order valence-electron chi connectivity index (χ2n) is 8.20. The van der Waals surface area contributed by atoms with Crippen LogP contribution in [0.2, 0.25) is 0 Å². The number of carbonyl (C=O) groups excluding carboxylic acids is 4. The van der Waals surface area contributed by atoms with Gasteiger partial charge in [-0.3, -0.25) is 24.2 Å². The van der Waals surface area contributed by atoms with Crippen LogP contribution in [0.3, 0.4) is 0 Å². The number of aliphatic imine (C=N–C) groups is 1. The van der Waals surface area contributed by atoms with Gasteiger partial charge in [-0.15, -0.1) is 0 Å². The molecule has 0 aromatic carbocycles. The topological polar surface area (TPSA) is 258 Å². The lowest BCUT2D eigenvalue weighted by atomic mass is 10.0. The highest BCUT2D eigenvalue weighted by Crippen LogP contribution is 2.07. The first-order chi connectivity index (χ1) is 16.3. The summed E-state index contributed by atoms with van der Waals surface area (Å²) in [4.78, 5) is 64.8. The van der Waals surface area contributed by atoms with Gasteiger partial charge in [0.1, 0.15) is 18.1 Å². The number of hydrogen-bond acceptors (Lipinski definition) is 8. The summed E-state index contributed by atoms with van der Waals surface area (Å²) in [6, 6.07) is -4.65. The van der Waals surface area contributed by atoms with Crippen LogP contribution in [0, 0.1) is 5.92 Å². The molecule has 0 aliphatic carbocycles. The van der Waals surface area contributed by atoms with Gasteiger partial charge in [0.2, 0.25) is 23.6 Å². The van der Waals surface area contributed by atoms with Crippen LogP contribution >= 0.6 is 11.8 Å². The second-order valence-corrected chi connectivity index (χ2v) is 9.18. The standard InChI is InChI=1S/C20H38N8O6S/c1-10(2)15(18(32)26-12(19(33)34)5-4-7-25-20(23)24)28-17(31)13(9-14(22)29)27-16(30)11(21)6-8-35-3/h10-13,15H,4-9,21H2,1-3H3,(H2,22,29)(H,26,32)(H,27,30)(H,28,31)(H,33,34)(H4,23,24,25). The van der Waals surface area contributed by atoms with Gasteiger partial charge < -0.3 is 44.0 Å². The zero-order valence-electron chi connectivity index (χ0n) is 20.3. The van der Waals surface area contributed by atoms with Gasteiger partial charge in [0.25, 0.3) is 0 Å². The third-order valence-corrected chi connectivity index (χ3v) is 5.46. The Morgan fingerprint density at radius 3 is 2.00 bits per heavy atom. The summed E-state index contributed by atoms with van der Waals surface area (Å²) in [5.41, 5.74) is 21.5. The van der Waals surface area contributed by atoms with Gasteiger partial charge in [-0.25, -0.2) is 4.79 Å². The van der Waals surface area contributed by atoms with Crippen molar-refractivity contribution in [3.05, 3.63) is 0 Å². The van der Waals surface area contributed by atoms with E-state index < -0.39 is 66.1 Å². The SMILES string of the molecule is CSCCC(N)C(=O)NC(CC(N)=O)C(=O)NC(C(=O)NC(CCCN=C(N)N)C(=O)O)C(C)C. The fourth-order valence-electron chi connectivity index (χ4n) is 2.88. The molecule has 4 amide bonds. The first kappa shape index (κ1) is 31.9. The summed E-state index contributed by atoms with van der Waals surface area (Å²) >= 11 is 1.49. The average Bonchev–Trinajstić information content (AvgIpc) is 2.75. The van der Waals surface area contributed by atoms with Crippen molar-refractivity contribution in [3.8, 4) is 0 Å². The lowest BCUT2D eigenvalue weighted by Crippen LogP contribution is -2.59. The molecule has 0 bridgehead atoms. The molecule has 0 aromatic rings. The third kappa shape index (κ3) is 13.4. The molecule has 35 heavy (non-hydrogen) atoms. The maximum atomic E-state index is 12.9. The summed E-state index contributed by atoms with van der Waals surface area (Å²) in [6.07, 6.45) is 2.03. The van der Waals surface area contributed by atoms with Gasteiger partial charge in [-0.1, -0.05) is 13.8 Å². The Labute approximate surface area is 208 Å². The molecular weight excluding hydrogens is 480 g/mol. The van der Waals surface area contributed by atoms with Crippen LogP contribution in [0.25, 0.3) is 0 Å². The molecule has 4 unspecified atom stereocenters. The predicted molar refractivity (Wildman–Crippen MR) is 133 cm³/mol. The van der Waals surface area contributed by atoms with Crippen molar-refractivity contribution >= 4 is 47.3 Å². The molecule has 0 aromatic heterocycles. The summed E-state index contributed by atoms with van der Waals surface area (Å²) in [5.74, 6) is -4.30. The Morgan fingerprint density at radius 1 is 0.914 bits per heavy atom. The van der Waals surface area contributed by atoms with Crippen molar-refractivity contribution in [1.82, 2.24) is 16.0 Å². The van der Waals surface area contributed by atoms with E-state index in [0.717, 1.165) is 0 Å². The van der Waals surface area contributed by atoms with E-state index in [-0.39, 0.29) is 25.3 Å². The highest BCUT2D eigenvalue weighted by molar-refractivity contribution is 7.98. The fraction of sp³-hybridized carbons (Fsp3) is 0.700. The van der Waals surface area contributed by atoms with E-state index in [2.05, 4.69) is 20.9 Å². The quantitative estimate of drug-likeness (QED) is 0.0556. The smallest absolute Gasteiger partial charge is 0.326 e. The van der Waals surface area contributed by atoms with Gasteiger partial charge in [0.15, 0.2) is 5.96 Å². The van der Waals surface area contributed by atoms with Crippen LogP contribution in [0.15, 0.2) is 4.99 Å². The van der Waals surface area contributed by atoms with Crippen molar-refractivity contribution in [2.45, 2.75) is 63.7 Å². The summed E-state index contributed by atoms with van der Waals surface area (Å²) < 4.78 is 0. The van der Waals surface area contributed by atoms with Crippen LogP contribution in [0.4, 0.5) is 0 Å².